The van der Waals surface area contributed by atoms with Crippen LogP contribution in [-0.2, 0) is 9.53 Å². The van der Waals surface area contributed by atoms with Crippen LogP contribution in [-0.4, -0.2) is 37.1 Å². The first-order chi connectivity index (χ1) is 7.17. The molecule has 1 aliphatic carbocycles. The Kier molecular flexibility index (Phi) is 1.91. The van der Waals surface area contributed by atoms with E-state index in [4.69, 9.17) is 4.74 Å². The highest BCUT2D eigenvalue weighted by molar-refractivity contribution is 5.86. The summed E-state index contributed by atoms with van der Waals surface area (Å²) < 4.78 is 5.41. The van der Waals surface area contributed by atoms with E-state index in [1.54, 1.807) is 0 Å². The Morgan fingerprint density at radius 2 is 2.07 bits per heavy atom. The summed E-state index contributed by atoms with van der Waals surface area (Å²) in [5.41, 5.74) is -0.0463. The van der Waals surface area contributed by atoms with Gasteiger partial charge in [-0.25, -0.2) is 0 Å². The molecule has 2 aliphatic heterocycles. The van der Waals surface area contributed by atoms with E-state index in [1.807, 2.05) is 11.9 Å². The first kappa shape index (κ1) is 9.64. The Hall–Kier alpha value is -0.570. The molecular weight excluding hydrogens is 190 g/mol. The molecule has 0 aromatic heterocycles. The number of rotatable bonds is 0. The quantitative estimate of drug-likeness (QED) is 0.601. The van der Waals surface area contributed by atoms with E-state index in [9.17, 15) is 4.79 Å². The van der Waals surface area contributed by atoms with Crippen LogP contribution in [0.1, 0.15) is 26.2 Å². The fraction of sp³-hybridized carbons (Fsp3) is 0.917. The van der Waals surface area contributed by atoms with Crippen LogP contribution in [0.3, 0.4) is 0 Å². The van der Waals surface area contributed by atoms with Gasteiger partial charge < -0.3 is 9.64 Å². The largest absolute Gasteiger partial charge is 0.381 e. The number of likely N-dealkylation sites (tertiary alicyclic amines) is 1. The number of hydrogen-bond acceptors (Lipinski definition) is 2. The smallest absolute Gasteiger partial charge is 0.229 e. The average molecular weight is 209 g/mol. The Morgan fingerprint density at radius 1 is 1.40 bits per heavy atom. The minimum atomic E-state index is -0.0463. The van der Waals surface area contributed by atoms with Gasteiger partial charge in [-0.3, -0.25) is 4.79 Å². The lowest BCUT2D eigenvalue weighted by Crippen LogP contribution is -2.49. The number of hydrogen-bond donors (Lipinski definition) is 0. The number of fused-ring (bicyclic) bond motifs is 2. The van der Waals surface area contributed by atoms with Gasteiger partial charge in [0.1, 0.15) is 0 Å². The molecule has 2 saturated heterocycles. The van der Waals surface area contributed by atoms with Crippen molar-refractivity contribution >= 4 is 5.91 Å². The van der Waals surface area contributed by atoms with E-state index in [-0.39, 0.29) is 5.41 Å². The third kappa shape index (κ3) is 1.02. The second kappa shape index (κ2) is 2.97. The highest BCUT2D eigenvalue weighted by Crippen LogP contribution is 2.58. The van der Waals surface area contributed by atoms with Crippen molar-refractivity contribution in [2.45, 2.75) is 32.2 Å². The third-order valence-electron chi connectivity index (χ3n) is 4.91. The van der Waals surface area contributed by atoms with E-state index < -0.39 is 0 Å². The number of carbonyl (C=O) groups excluding carboxylic acids is 1. The molecule has 84 valence electrons. The van der Waals surface area contributed by atoms with Gasteiger partial charge in [0.05, 0.1) is 5.41 Å². The molecule has 1 spiro atoms. The summed E-state index contributed by atoms with van der Waals surface area (Å²) in [7, 11) is 1.98. The first-order valence-corrected chi connectivity index (χ1v) is 6.02. The SMILES string of the molecule is CC1CC2C1C1(CCOCC1)C(=O)N2C. The van der Waals surface area contributed by atoms with Gasteiger partial charge in [-0.05, 0) is 31.1 Å². The zero-order valence-corrected chi connectivity index (χ0v) is 9.53. The van der Waals surface area contributed by atoms with Gasteiger partial charge >= 0.3 is 0 Å². The molecule has 1 saturated carbocycles. The summed E-state index contributed by atoms with van der Waals surface area (Å²) in [5.74, 6) is 1.73. The molecule has 1 amide bonds. The second-order valence-corrected chi connectivity index (χ2v) is 5.49. The topological polar surface area (TPSA) is 29.5 Å². The van der Waals surface area contributed by atoms with E-state index in [0.29, 0.717) is 17.9 Å². The lowest BCUT2D eigenvalue weighted by Gasteiger charge is -2.47. The lowest BCUT2D eigenvalue weighted by molar-refractivity contribution is -0.141. The lowest BCUT2D eigenvalue weighted by atomic mass is 9.57. The van der Waals surface area contributed by atoms with Gasteiger partial charge in [0, 0.05) is 26.3 Å². The van der Waals surface area contributed by atoms with Gasteiger partial charge in [0.2, 0.25) is 5.91 Å². The molecule has 0 bridgehead atoms. The minimum absolute atomic E-state index is 0.0463. The van der Waals surface area contributed by atoms with Crippen LogP contribution in [0.4, 0.5) is 0 Å². The molecule has 0 N–H and O–H groups in total. The van der Waals surface area contributed by atoms with Crippen molar-refractivity contribution in [2.24, 2.45) is 17.3 Å². The van der Waals surface area contributed by atoms with Crippen LogP contribution in [0.5, 0.6) is 0 Å². The Morgan fingerprint density at radius 3 is 2.67 bits per heavy atom. The molecule has 3 aliphatic rings. The van der Waals surface area contributed by atoms with E-state index in [0.717, 1.165) is 32.0 Å². The predicted molar refractivity (Wildman–Crippen MR) is 56.3 cm³/mol. The molecule has 3 unspecified atom stereocenters. The molecule has 0 aromatic rings. The molecule has 3 heteroatoms. The zero-order chi connectivity index (χ0) is 10.6. The Bertz CT molecular complexity index is 296. The van der Waals surface area contributed by atoms with Crippen LogP contribution < -0.4 is 0 Å². The van der Waals surface area contributed by atoms with Gasteiger partial charge in [-0.1, -0.05) is 6.92 Å². The molecule has 3 nitrogen and oxygen atoms in total. The normalized spacial score (nSPS) is 42.9. The van der Waals surface area contributed by atoms with Crippen molar-refractivity contribution in [2.75, 3.05) is 20.3 Å². The van der Waals surface area contributed by atoms with Crippen LogP contribution in [0.15, 0.2) is 0 Å². The van der Waals surface area contributed by atoms with Crippen LogP contribution in [0, 0.1) is 17.3 Å². The summed E-state index contributed by atoms with van der Waals surface area (Å²) in [4.78, 5) is 14.4. The van der Waals surface area contributed by atoms with E-state index in [1.165, 1.54) is 6.42 Å². The highest BCUT2D eigenvalue weighted by atomic mass is 16.5. The molecule has 0 radical (unpaired) electrons. The molecular formula is C12H19NO2. The van der Waals surface area contributed by atoms with E-state index in [2.05, 4.69) is 6.92 Å². The summed E-state index contributed by atoms with van der Waals surface area (Å²) >= 11 is 0. The maximum absolute atomic E-state index is 12.4. The molecule has 3 rings (SSSR count). The molecule has 3 atom stereocenters. The summed E-state index contributed by atoms with van der Waals surface area (Å²) in [5, 5.41) is 0. The zero-order valence-electron chi connectivity index (χ0n) is 9.53. The number of nitrogens with zero attached hydrogens (tertiary/aromatic N) is 1. The van der Waals surface area contributed by atoms with Crippen molar-refractivity contribution in [1.82, 2.24) is 4.90 Å². The van der Waals surface area contributed by atoms with Crippen LogP contribution >= 0.6 is 0 Å². The third-order valence-corrected chi connectivity index (χ3v) is 4.91. The fourth-order valence-corrected chi connectivity index (χ4v) is 4.10. The first-order valence-electron chi connectivity index (χ1n) is 6.02. The van der Waals surface area contributed by atoms with Crippen molar-refractivity contribution in [3.05, 3.63) is 0 Å². The maximum atomic E-state index is 12.4. The number of carbonyl (C=O) groups is 1. The van der Waals surface area contributed by atoms with Gasteiger partial charge in [0.15, 0.2) is 0 Å². The Balaban J connectivity index is 1.95. The summed E-state index contributed by atoms with van der Waals surface area (Å²) in [6, 6.07) is 0.533. The Labute approximate surface area is 90.8 Å². The maximum Gasteiger partial charge on any atom is 0.229 e. The standard InChI is InChI=1S/C12H19NO2/c1-8-7-9-10(8)12(11(14)13(9)2)3-5-15-6-4-12/h8-10H,3-7H2,1-2H3. The summed E-state index contributed by atoms with van der Waals surface area (Å²) in [6.07, 6.45) is 3.10. The van der Waals surface area contributed by atoms with Crippen molar-refractivity contribution < 1.29 is 9.53 Å². The average Bonchev–Trinajstić information content (AvgIpc) is 2.38. The number of ether oxygens (including phenoxy) is 1. The van der Waals surface area contributed by atoms with Gasteiger partial charge in [-0.15, -0.1) is 0 Å². The fourth-order valence-electron chi connectivity index (χ4n) is 4.10. The number of amides is 1. The molecule has 0 aromatic carbocycles. The van der Waals surface area contributed by atoms with Crippen molar-refractivity contribution in [3.63, 3.8) is 0 Å². The molecule has 15 heavy (non-hydrogen) atoms. The van der Waals surface area contributed by atoms with Crippen LogP contribution in [0.2, 0.25) is 0 Å². The van der Waals surface area contributed by atoms with Gasteiger partial charge in [-0.2, -0.15) is 0 Å². The molecule has 2 heterocycles. The van der Waals surface area contributed by atoms with Crippen LogP contribution in [0.25, 0.3) is 0 Å². The monoisotopic (exact) mass is 209 g/mol. The second-order valence-electron chi connectivity index (χ2n) is 5.49. The van der Waals surface area contributed by atoms with Crippen molar-refractivity contribution in [3.8, 4) is 0 Å². The summed E-state index contributed by atoms with van der Waals surface area (Å²) in [6.45, 7) is 3.84. The minimum Gasteiger partial charge on any atom is -0.381 e. The van der Waals surface area contributed by atoms with Gasteiger partial charge in [0.25, 0.3) is 0 Å². The predicted octanol–water partition coefficient (Wildman–Crippen LogP) is 1.28. The highest BCUT2D eigenvalue weighted by Gasteiger charge is 2.64. The van der Waals surface area contributed by atoms with E-state index >= 15 is 0 Å². The van der Waals surface area contributed by atoms with Crippen molar-refractivity contribution in [1.29, 1.82) is 0 Å². The molecule has 3 fully saturated rings.